The number of rotatable bonds is 10. The van der Waals surface area contributed by atoms with Gasteiger partial charge in [-0.05, 0) is 54.7 Å². The zero-order valence-electron chi connectivity index (χ0n) is 20.9. The lowest BCUT2D eigenvalue weighted by atomic mass is 10.1. The van der Waals surface area contributed by atoms with Gasteiger partial charge in [-0.15, -0.1) is 0 Å². The normalized spacial score (nSPS) is 11.9. The topological polar surface area (TPSA) is 59.8 Å². The first kappa shape index (κ1) is 24.8. The van der Waals surface area contributed by atoms with Crippen molar-refractivity contribution in [2.24, 2.45) is 0 Å². The molecule has 37 heavy (non-hydrogen) atoms. The van der Waals surface area contributed by atoms with E-state index >= 15 is 0 Å². The summed E-state index contributed by atoms with van der Waals surface area (Å²) in [6, 6.07) is 30.7. The number of carbonyl (C=O) groups is 1. The highest BCUT2D eigenvalue weighted by molar-refractivity contribution is 7.98. The van der Waals surface area contributed by atoms with Crippen molar-refractivity contribution in [2.75, 3.05) is 0 Å². The highest BCUT2D eigenvalue weighted by atomic mass is 32.2. The Morgan fingerprint density at radius 2 is 1.59 bits per heavy atom. The third-order valence-electron chi connectivity index (χ3n) is 6.37. The van der Waals surface area contributed by atoms with Gasteiger partial charge in [0.25, 0.3) is 5.91 Å². The summed E-state index contributed by atoms with van der Waals surface area (Å²) >= 11 is 1.70. The average molecular weight is 507 g/mol. The van der Waals surface area contributed by atoms with E-state index in [4.69, 9.17) is 4.98 Å². The van der Waals surface area contributed by atoms with Crippen molar-refractivity contribution in [2.45, 2.75) is 43.3 Å². The largest absolute Gasteiger partial charge is 0.350 e. The van der Waals surface area contributed by atoms with Crippen molar-refractivity contribution < 1.29 is 4.79 Å². The summed E-state index contributed by atoms with van der Waals surface area (Å²) in [5.74, 6) is 0.734. The van der Waals surface area contributed by atoms with E-state index in [-0.39, 0.29) is 11.9 Å². The summed E-state index contributed by atoms with van der Waals surface area (Å²) in [5.41, 5.74) is 6.32. The predicted molar refractivity (Wildman–Crippen MR) is 151 cm³/mol. The van der Waals surface area contributed by atoms with Crippen molar-refractivity contribution in [1.29, 1.82) is 0 Å². The lowest BCUT2D eigenvalue weighted by Gasteiger charge is -2.14. The maximum atomic E-state index is 12.7. The summed E-state index contributed by atoms with van der Waals surface area (Å²) in [5, 5.41) is 4.09. The molecule has 0 spiro atoms. The number of hydrogen-bond donors (Lipinski definition) is 1. The van der Waals surface area contributed by atoms with Gasteiger partial charge < -0.3 is 9.88 Å². The highest BCUT2D eigenvalue weighted by Gasteiger charge is 2.13. The van der Waals surface area contributed by atoms with Crippen LogP contribution < -0.4 is 5.32 Å². The van der Waals surface area contributed by atoms with Gasteiger partial charge in [0.15, 0.2) is 5.16 Å². The molecule has 2 aromatic heterocycles. The number of amides is 1. The van der Waals surface area contributed by atoms with E-state index in [1.807, 2.05) is 48.7 Å². The van der Waals surface area contributed by atoms with Gasteiger partial charge in [0.05, 0.1) is 23.8 Å². The first-order valence-electron chi connectivity index (χ1n) is 12.6. The third-order valence-corrected chi connectivity index (χ3v) is 7.42. The molecule has 1 atom stereocenters. The van der Waals surface area contributed by atoms with Crippen molar-refractivity contribution in [3.63, 3.8) is 0 Å². The van der Waals surface area contributed by atoms with Crippen molar-refractivity contribution in [3.8, 4) is 0 Å². The van der Waals surface area contributed by atoms with Crippen LogP contribution in [0.15, 0.2) is 109 Å². The molecule has 0 aliphatic carbocycles. The summed E-state index contributed by atoms with van der Waals surface area (Å²) in [6.45, 7) is 2.80. The van der Waals surface area contributed by atoms with Crippen LogP contribution in [0.1, 0.15) is 40.4 Å². The molecule has 0 unspecified atom stereocenters. The Labute approximate surface area is 222 Å². The number of aryl methyl sites for hydroxylation is 1. The Hall–Kier alpha value is -3.90. The van der Waals surface area contributed by atoms with E-state index in [9.17, 15) is 4.79 Å². The van der Waals surface area contributed by atoms with Gasteiger partial charge >= 0.3 is 0 Å². The molecule has 6 heteroatoms. The van der Waals surface area contributed by atoms with E-state index in [1.165, 1.54) is 11.1 Å². The minimum Gasteiger partial charge on any atom is -0.350 e. The van der Waals surface area contributed by atoms with Gasteiger partial charge in [0.1, 0.15) is 0 Å². The molecule has 3 aromatic carbocycles. The van der Waals surface area contributed by atoms with Crippen LogP contribution in [0.3, 0.4) is 0 Å². The van der Waals surface area contributed by atoms with Crippen LogP contribution in [-0.4, -0.2) is 26.5 Å². The lowest BCUT2D eigenvalue weighted by Crippen LogP contribution is -2.32. The molecule has 5 nitrogen and oxygen atoms in total. The molecule has 0 saturated carbocycles. The number of fused-ring (bicyclic) bond motifs is 1. The fraction of sp³-hybridized carbons (Fsp3) is 0.194. The standard InChI is InChI=1S/C31H30N4OS/c1-23(12-13-24-8-4-2-5-9-24)33-30(36)27-16-14-26(15-17-27)22-37-31-34-28-18-19-32-20-29(28)35(31)21-25-10-6-3-7-11-25/h2-11,14-20,23H,12-13,21-22H2,1H3,(H,33,36)/t23-/m1/s1. The molecule has 0 aliphatic heterocycles. The quantitative estimate of drug-likeness (QED) is 0.219. The van der Waals surface area contributed by atoms with E-state index in [1.54, 1.807) is 18.0 Å². The molecule has 5 aromatic rings. The fourth-order valence-corrected chi connectivity index (χ4v) is 5.25. The first-order chi connectivity index (χ1) is 18.2. The molecule has 0 aliphatic rings. The summed E-state index contributed by atoms with van der Waals surface area (Å²) < 4.78 is 2.22. The van der Waals surface area contributed by atoms with Crippen molar-refractivity contribution in [3.05, 3.63) is 126 Å². The smallest absolute Gasteiger partial charge is 0.251 e. The number of benzene rings is 3. The summed E-state index contributed by atoms with van der Waals surface area (Å²) in [4.78, 5) is 21.9. The first-order valence-corrected chi connectivity index (χ1v) is 13.5. The molecule has 0 bridgehead atoms. The van der Waals surface area contributed by atoms with Crippen LogP contribution in [0, 0.1) is 0 Å². The molecule has 186 valence electrons. The Kier molecular flexibility index (Phi) is 7.96. The second-order valence-corrected chi connectivity index (χ2v) is 10.2. The zero-order chi connectivity index (χ0) is 25.5. The number of carbonyl (C=O) groups excluding carboxylic acids is 1. The number of thioether (sulfide) groups is 1. The highest BCUT2D eigenvalue weighted by Crippen LogP contribution is 2.27. The van der Waals surface area contributed by atoms with Gasteiger partial charge in [-0.1, -0.05) is 84.6 Å². The Balaban J connectivity index is 1.20. The molecule has 1 amide bonds. The predicted octanol–water partition coefficient (Wildman–Crippen LogP) is 6.52. The maximum absolute atomic E-state index is 12.7. The Morgan fingerprint density at radius 3 is 2.32 bits per heavy atom. The fourth-order valence-electron chi connectivity index (χ4n) is 4.28. The number of aromatic nitrogens is 3. The number of hydrogen-bond acceptors (Lipinski definition) is 4. The van der Waals surface area contributed by atoms with E-state index in [2.05, 4.69) is 70.3 Å². The Morgan fingerprint density at radius 1 is 0.892 bits per heavy atom. The van der Waals surface area contributed by atoms with E-state index < -0.39 is 0 Å². The van der Waals surface area contributed by atoms with E-state index in [0.29, 0.717) is 5.56 Å². The molecular weight excluding hydrogens is 476 g/mol. The zero-order valence-corrected chi connectivity index (χ0v) is 21.7. The molecule has 0 saturated heterocycles. The number of pyridine rings is 1. The van der Waals surface area contributed by atoms with Crippen molar-refractivity contribution >= 4 is 28.7 Å². The average Bonchev–Trinajstić information content (AvgIpc) is 3.29. The summed E-state index contributed by atoms with van der Waals surface area (Å²) in [6.07, 6.45) is 5.51. The van der Waals surface area contributed by atoms with Crippen molar-refractivity contribution in [1.82, 2.24) is 19.9 Å². The van der Waals surface area contributed by atoms with Crippen LogP contribution in [0.4, 0.5) is 0 Å². The third kappa shape index (κ3) is 6.46. The number of nitrogens with one attached hydrogen (secondary N) is 1. The van der Waals surface area contributed by atoms with Gasteiger partial charge in [-0.3, -0.25) is 9.78 Å². The SMILES string of the molecule is C[C@H](CCc1ccccc1)NC(=O)c1ccc(CSc2nc3ccncc3n2Cc2ccccc2)cc1. The molecule has 0 fully saturated rings. The maximum Gasteiger partial charge on any atom is 0.251 e. The molecule has 5 rings (SSSR count). The minimum atomic E-state index is -0.0306. The van der Waals surface area contributed by atoms with Crippen LogP contribution in [0.25, 0.3) is 11.0 Å². The van der Waals surface area contributed by atoms with Gasteiger partial charge in [-0.25, -0.2) is 4.98 Å². The van der Waals surface area contributed by atoms with E-state index in [0.717, 1.165) is 46.9 Å². The summed E-state index contributed by atoms with van der Waals surface area (Å²) in [7, 11) is 0. The van der Waals surface area contributed by atoms with Crippen LogP contribution in [0.2, 0.25) is 0 Å². The monoisotopic (exact) mass is 506 g/mol. The second-order valence-electron chi connectivity index (χ2n) is 9.21. The lowest BCUT2D eigenvalue weighted by molar-refractivity contribution is 0.0938. The van der Waals surface area contributed by atoms with Crippen LogP contribution >= 0.6 is 11.8 Å². The van der Waals surface area contributed by atoms with Crippen LogP contribution in [0.5, 0.6) is 0 Å². The van der Waals surface area contributed by atoms with Gasteiger partial charge in [0, 0.05) is 23.6 Å². The molecule has 0 radical (unpaired) electrons. The number of imidazole rings is 1. The number of nitrogens with zero attached hydrogens (tertiary/aromatic N) is 3. The van der Waals surface area contributed by atoms with Crippen LogP contribution in [-0.2, 0) is 18.7 Å². The molecular formula is C31H30N4OS. The van der Waals surface area contributed by atoms with Gasteiger partial charge in [0.2, 0.25) is 0 Å². The minimum absolute atomic E-state index is 0.0306. The second kappa shape index (κ2) is 11.9. The van der Waals surface area contributed by atoms with Gasteiger partial charge in [-0.2, -0.15) is 0 Å². The molecule has 1 N–H and O–H groups in total. The Bertz CT molecular complexity index is 1450. The molecule has 2 heterocycles.